The van der Waals surface area contributed by atoms with Crippen molar-refractivity contribution in [1.29, 1.82) is 0 Å². The molecule has 0 saturated carbocycles. The van der Waals surface area contributed by atoms with Gasteiger partial charge in [-0.05, 0) is 25.1 Å². The monoisotopic (exact) mass is 314 g/mol. The Bertz CT molecular complexity index is 593. The third-order valence-electron chi connectivity index (χ3n) is 3.10. The maximum atomic E-state index is 12.9. The second kappa shape index (κ2) is 6.58. The summed E-state index contributed by atoms with van der Waals surface area (Å²) in [5, 5.41) is 3.01. The highest BCUT2D eigenvalue weighted by Gasteiger charge is 2.32. The molecule has 21 heavy (non-hydrogen) atoms. The predicted octanol–water partition coefficient (Wildman–Crippen LogP) is 4.36. The molecule has 1 heterocycles. The second-order valence-electron chi connectivity index (χ2n) is 4.91. The van der Waals surface area contributed by atoms with Crippen molar-refractivity contribution in [1.82, 2.24) is 9.88 Å². The van der Waals surface area contributed by atoms with Crippen LogP contribution >= 0.6 is 11.3 Å². The Morgan fingerprint density at radius 2 is 1.90 bits per heavy atom. The highest BCUT2D eigenvalue weighted by molar-refractivity contribution is 7.09. The highest BCUT2D eigenvalue weighted by atomic mass is 32.1. The molecule has 0 saturated heterocycles. The first-order chi connectivity index (χ1) is 9.90. The quantitative estimate of drug-likeness (QED) is 0.815. The van der Waals surface area contributed by atoms with Crippen LogP contribution in [0.1, 0.15) is 28.8 Å². The first-order valence-electron chi connectivity index (χ1n) is 6.67. The van der Waals surface area contributed by atoms with Gasteiger partial charge < -0.3 is 0 Å². The average molecular weight is 314 g/mol. The summed E-state index contributed by atoms with van der Waals surface area (Å²) in [6, 6.07) is 5.70. The van der Waals surface area contributed by atoms with Crippen LogP contribution in [0.15, 0.2) is 29.6 Å². The number of alkyl halides is 3. The Hall–Kier alpha value is -1.40. The van der Waals surface area contributed by atoms with E-state index in [1.54, 1.807) is 24.5 Å². The Balaban J connectivity index is 2.07. The van der Waals surface area contributed by atoms with Gasteiger partial charge in [0.15, 0.2) is 0 Å². The van der Waals surface area contributed by atoms with E-state index in [9.17, 15) is 13.2 Å². The van der Waals surface area contributed by atoms with Crippen molar-refractivity contribution in [2.24, 2.45) is 0 Å². The summed E-state index contributed by atoms with van der Waals surface area (Å²) < 4.78 is 38.8. The Kier molecular flexibility index (Phi) is 5.00. The Labute approximate surface area is 126 Å². The number of nitrogens with zero attached hydrogens (tertiary/aromatic N) is 2. The molecule has 0 radical (unpaired) electrons. The maximum Gasteiger partial charge on any atom is 0.416 e. The van der Waals surface area contributed by atoms with E-state index < -0.39 is 11.7 Å². The van der Waals surface area contributed by atoms with Crippen LogP contribution in [0.3, 0.4) is 0 Å². The van der Waals surface area contributed by atoms with Gasteiger partial charge in [0.05, 0.1) is 16.3 Å². The summed E-state index contributed by atoms with van der Waals surface area (Å²) in [6.45, 7) is 2.82. The molecule has 0 spiro atoms. The van der Waals surface area contributed by atoms with Gasteiger partial charge >= 0.3 is 6.18 Å². The lowest BCUT2D eigenvalue weighted by molar-refractivity contribution is -0.138. The smallest absolute Gasteiger partial charge is 0.296 e. The number of halogens is 3. The molecule has 0 unspecified atom stereocenters. The molecule has 0 atom stereocenters. The van der Waals surface area contributed by atoms with Crippen LogP contribution in [0.2, 0.25) is 0 Å². The Morgan fingerprint density at radius 3 is 2.52 bits per heavy atom. The molecule has 0 aliphatic carbocycles. The summed E-state index contributed by atoms with van der Waals surface area (Å²) in [6.07, 6.45) is -3.43. The van der Waals surface area contributed by atoms with Crippen molar-refractivity contribution in [3.8, 4) is 0 Å². The molecule has 6 heteroatoms. The number of benzene rings is 1. The minimum Gasteiger partial charge on any atom is -0.296 e. The number of aromatic nitrogens is 1. The molecule has 0 N–H and O–H groups in total. The van der Waals surface area contributed by atoms with Crippen LogP contribution in [-0.4, -0.2) is 16.9 Å². The van der Waals surface area contributed by atoms with Gasteiger partial charge in [-0.15, -0.1) is 11.3 Å². The van der Waals surface area contributed by atoms with Crippen molar-refractivity contribution < 1.29 is 13.2 Å². The molecule has 2 rings (SSSR count). The van der Waals surface area contributed by atoms with E-state index in [0.717, 1.165) is 23.2 Å². The fourth-order valence-corrected chi connectivity index (χ4v) is 2.88. The van der Waals surface area contributed by atoms with E-state index >= 15 is 0 Å². The second-order valence-corrected chi connectivity index (χ2v) is 5.86. The van der Waals surface area contributed by atoms with Crippen molar-refractivity contribution in [3.05, 3.63) is 51.5 Å². The minimum absolute atomic E-state index is 0.245. The normalized spacial score (nSPS) is 12.1. The van der Waals surface area contributed by atoms with Crippen molar-refractivity contribution in [2.45, 2.75) is 32.6 Å². The van der Waals surface area contributed by atoms with Crippen LogP contribution in [0.5, 0.6) is 0 Å². The van der Waals surface area contributed by atoms with E-state index in [1.165, 1.54) is 12.1 Å². The van der Waals surface area contributed by atoms with E-state index in [0.29, 0.717) is 12.1 Å². The van der Waals surface area contributed by atoms with Crippen molar-refractivity contribution in [3.63, 3.8) is 0 Å². The number of thiazole rings is 1. The zero-order valence-corrected chi connectivity index (χ0v) is 12.8. The van der Waals surface area contributed by atoms with Gasteiger partial charge in [0, 0.05) is 18.5 Å². The lowest BCUT2D eigenvalue weighted by Gasteiger charge is -2.19. The van der Waals surface area contributed by atoms with Gasteiger partial charge in [0.1, 0.15) is 0 Å². The van der Waals surface area contributed by atoms with Gasteiger partial charge in [-0.2, -0.15) is 13.2 Å². The van der Waals surface area contributed by atoms with Gasteiger partial charge in [-0.1, -0.05) is 25.1 Å². The molecule has 1 aromatic heterocycles. The standard InChI is InChI=1S/C15H17F3N2S/c1-3-14-19-12(10-21-14)9-20(2)8-11-6-4-5-7-13(11)15(16,17)18/h4-7,10H,3,8-9H2,1-2H3. The molecular weight excluding hydrogens is 297 g/mol. The zero-order chi connectivity index (χ0) is 15.5. The molecule has 1 aromatic carbocycles. The number of hydrogen-bond acceptors (Lipinski definition) is 3. The van der Waals surface area contributed by atoms with E-state index in [2.05, 4.69) is 4.98 Å². The molecule has 0 amide bonds. The summed E-state index contributed by atoms with van der Waals surface area (Å²) in [4.78, 5) is 6.28. The van der Waals surface area contributed by atoms with Crippen LogP contribution < -0.4 is 0 Å². The van der Waals surface area contributed by atoms with E-state index in [-0.39, 0.29) is 6.54 Å². The first-order valence-corrected chi connectivity index (χ1v) is 7.55. The molecule has 2 nitrogen and oxygen atoms in total. The average Bonchev–Trinajstić information content (AvgIpc) is 2.85. The zero-order valence-electron chi connectivity index (χ0n) is 11.9. The van der Waals surface area contributed by atoms with Crippen molar-refractivity contribution in [2.75, 3.05) is 7.05 Å². The van der Waals surface area contributed by atoms with Gasteiger partial charge in [0.25, 0.3) is 0 Å². The third kappa shape index (κ3) is 4.28. The lowest BCUT2D eigenvalue weighted by atomic mass is 10.1. The van der Waals surface area contributed by atoms with Crippen LogP contribution in [0.25, 0.3) is 0 Å². The molecule has 0 bridgehead atoms. The molecule has 2 aromatic rings. The first kappa shape index (κ1) is 16.0. The van der Waals surface area contributed by atoms with E-state index in [1.807, 2.05) is 17.2 Å². The van der Waals surface area contributed by atoms with Crippen molar-refractivity contribution >= 4 is 11.3 Å². The summed E-state index contributed by atoms with van der Waals surface area (Å²) >= 11 is 1.59. The van der Waals surface area contributed by atoms with Crippen LogP contribution in [0.4, 0.5) is 13.2 Å². The topological polar surface area (TPSA) is 16.1 Å². The SMILES string of the molecule is CCc1nc(CN(C)Cc2ccccc2C(F)(F)F)cs1. The molecule has 0 aliphatic rings. The molecule has 0 fully saturated rings. The van der Waals surface area contributed by atoms with Gasteiger partial charge in [-0.25, -0.2) is 4.98 Å². The maximum absolute atomic E-state index is 12.9. The van der Waals surface area contributed by atoms with Gasteiger partial charge in [0.2, 0.25) is 0 Å². The summed E-state index contributed by atoms with van der Waals surface area (Å²) in [5.74, 6) is 0. The predicted molar refractivity (Wildman–Crippen MR) is 78.1 cm³/mol. The Morgan fingerprint density at radius 1 is 1.19 bits per heavy atom. The number of rotatable bonds is 5. The number of hydrogen-bond donors (Lipinski definition) is 0. The third-order valence-corrected chi connectivity index (χ3v) is 4.14. The van der Waals surface area contributed by atoms with Gasteiger partial charge in [-0.3, -0.25) is 4.90 Å². The summed E-state index contributed by atoms with van der Waals surface area (Å²) in [5.41, 5.74) is 0.631. The van der Waals surface area contributed by atoms with E-state index in [4.69, 9.17) is 0 Å². The molecule has 114 valence electrons. The van der Waals surface area contributed by atoms with Crippen LogP contribution in [-0.2, 0) is 25.7 Å². The van der Waals surface area contributed by atoms with Crippen LogP contribution in [0, 0.1) is 0 Å². The fraction of sp³-hybridized carbons (Fsp3) is 0.400. The minimum atomic E-state index is -4.31. The molecular formula is C15H17F3N2S. The fourth-order valence-electron chi connectivity index (χ4n) is 2.14. The number of aryl methyl sites for hydroxylation is 1. The summed E-state index contributed by atoms with van der Waals surface area (Å²) in [7, 11) is 1.80. The largest absolute Gasteiger partial charge is 0.416 e. The highest BCUT2D eigenvalue weighted by Crippen LogP contribution is 2.32. The lowest BCUT2D eigenvalue weighted by Crippen LogP contribution is -2.20. The molecule has 0 aliphatic heterocycles.